The van der Waals surface area contributed by atoms with E-state index in [1.54, 1.807) is 10.8 Å². The van der Waals surface area contributed by atoms with Gasteiger partial charge in [-0.3, -0.25) is 0 Å². The zero-order valence-electron chi connectivity index (χ0n) is 15.3. The Labute approximate surface area is 185 Å². The number of rotatable bonds is 3. The van der Waals surface area contributed by atoms with Crippen LogP contribution in [0.3, 0.4) is 0 Å². The molecule has 0 radical (unpaired) electrons. The van der Waals surface area contributed by atoms with Crippen molar-refractivity contribution in [3.63, 3.8) is 0 Å². The van der Waals surface area contributed by atoms with Crippen molar-refractivity contribution in [2.45, 2.75) is 60.9 Å². The van der Waals surface area contributed by atoms with Crippen LogP contribution in [0.4, 0.5) is 0 Å². The molecule has 0 amide bonds. The third-order valence-electron chi connectivity index (χ3n) is 5.60. The van der Waals surface area contributed by atoms with Gasteiger partial charge in [0.05, 0.1) is 0 Å². The number of benzene rings is 1. The van der Waals surface area contributed by atoms with E-state index in [1.165, 1.54) is 32.1 Å². The summed E-state index contributed by atoms with van der Waals surface area (Å²) in [6.45, 7) is 7.39. The molecular weight excluding hydrogens is 423 g/mol. The molecule has 0 aromatic heterocycles. The minimum atomic E-state index is -1.24. The van der Waals surface area contributed by atoms with Crippen LogP contribution in [0.5, 0.6) is 0 Å². The second-order valence-electron chi connectivity index (χ2n) is 8.06. The van der Waals surface area contributed by atoms with Gasteiger partial charge in [0.2, 0.25) is 0 Å². The van der Waals surface area contributed by atoms with Gasteiger partial charge in [-0.1, -0.05) is 0 Å². The van der Waals surface area contributed by atoms with E-state index in [1.807, 2.05) is 0 Å². The van der Waals surface area contributed by atoms with Crippen LogP contribution in [0.25, 0.3) is 0 Å². The number of halogens is 3. The summed E-state index contributed by atoms with van der Waals surface area (Å²) in [5.74, 6) is 0. The van der Waals surface area contributed by atoms with E-state index in [2.05, 4.69) is 88.6 Å². The Morgan fingerprint density at radius 2 is 1.44 bits per heavy atom. The van der Waals surface area contributed by atoms with Gasteiger partial charge in [-0.15, -0.1) is 0 Å². The summed E-state index contributed by atoms with van der Waals surface area (Å²) in [5, 5.41) is 1.64. The van der Waals surface area contributed by atoms with Crippen LogP contribution in [0.15, 0.2) is 53.8 Å². The van der Waals surface area contributed by atoms with E-state index in [4.69, 9.17) is 0 Å². The van der Waals surface area contributed by atoms with E-state index in [9.17, 15) is 0 Å². The van der Waals surface area contributed by atoms with Crippen molar-refractivity contribution >= 4 is 8.07 Å². The molecule has 3 rings (SSSR count). The molecule has 136 valence electrons. The fourth-order valence-electron chi connectivity index (χ4n) is 4.18. The maximum absolute atomic E-state index is 2.64. The molecule has 1 aromatic carbocycles. The third-order valence-corrected chi connectivity index (χ3v) is 8.88. The molecule has 0 N–H and O–H groups in total. The van der Waals surface area contributed by atoms with Gasteiger partial charge in [0.1, 0.15) is 0 Å². The molecule has 1 unspecified atom stereocenters. The summed E-state index contributed by atoms with van der Waals surface area (Å²) < 4.78 is 0.185. The first-order valence-electron chi connectivity index (χ1n) is 8.61. The number of allylic oxidation sites excluding steroid dienone is 4. The van der Waals surface area contributed by atoms with Gasteiger partial charge in [-0.25, -0.2) is 0 Å². The first-order valence-corrected chi connectivity index (χ1v) is 12.9. The minimum absolute atomic E-state index is 0. The smallest absolute Gasteiger partial charge is 1.00 e. The second kappa shape index (κ2) is 9.62. The molecule has 1 fully saturated rings. The summed E-state index contributed by atoms with van der Waals surface area (Å²) in [4.78, 5) is 0. The van der Waals surface area contributed by atoms with Gasteiger partial charge < -0.3 is 37.2 Å². The van der Waals surface area contributed by atoms with Gasteiger partial charge in [-0.2, -0.15) is 0 Å². The van der Waals surface area contributed by atoms with Gasteiger partial charge in [0, 0.05) is 0 Å². The molecule has 2 aliphatic rings. The van der Waals surface area contributed by atoms with Crippen molar-refractivity contribution in [2.24, 2.45) is 0 Å². The fourth-order valence-corrected chi connectivity index (χ4v) is 6.64. The van der Waals surface area contributed by atoms with Crippen molar-refractivity contribution < 1.29 is 57.7 Å². The zero-order chi connectivity index (χ0) is 15.8. The monoisotopic (exact) mass is 448 g/mol. The molecule has 0 aliphatic heterocycles. The van der Waals surface area contributed by atoms with E-state index in [0.29, 0.717) is 5.41 Å². The van der Waals surface area contributed by atoms with Crippen LogP contribution in [0.2, 0.25) is 23.4 Å². The summed E-state index contributed by atoms with van der Waals surface area (Å²) in [6.07, 6.45) is 14.4. The molecule has 1 atom stereocenters. The SMILES string of the molecule is C[Si](C)(C)C1=C[C]([Ti+3])(C2(c3ccccc3)CCCCC2)C=C1.[Cl-].[Cl-].[Cl-]. The summed E-state index contributed by atoms with van der Waals surface area (Å²) in [6, 6.07) is 11.3. The molecular formula is C20H27Cl3SiTi. The van der Waals surface area contributed by atoms with Gasteiger partial charge in [0.25, 0.3) is 0 Å². The third kappa shape index (κ3) is 4.86. The summed E-state index contributed by atoms with van der Waals surface area (Å²) >= 11 is 2.48. The maximum atomic E-state index is 2.64. The van der Waals surface area contributed by atoms with Crippen molar-refractivity contribution in [3.8, 4) is 0 Å². The van der Waals surface area contributed by atoms with E-state index in [-0.39, 0.29) is 40.9 Å². The first-order chi connectivity index (χ1) is 10.4. The largest absolute Gasteiger partial charge is 1.00 e. The average molecular weight is 450 g/mol. The minimum Gasteiger partial charge on any atom is -1.00 e. The Morgan fingerprint density at radius 1 is 0.880 bits per heavy atom. The van der Waals surface area contributed by atoms with Crippen LogP contribution in [0, 0.1) is 0 Å². The Morgan fingerprint density at radius 3 is 1.92 bits per heavy atom. The summed E-state index contributed by atoms with van der Waals surface area (Å²) in [5.41, 5.74) is 1.85. The quantitative estimate of drug-likeness (QED) is 0.431. The molecule has 0 heterocycles. The Balaban J connectivity index is 0.00000192. The Hall–Kier alpha value is 0.501. The molecule has 0 saturated heterocycles. The predicted molar refractivity (Wildman–Crippen MR) is 94.5 cm³/mol. The van der Waals surface area contributed by atoms with Crippen molar-refractivity contribution in [2.75, 3.05) is 0 Å². The van der Waals surface area contributed by atoms with E-state index in [0.717, 1.165) is 0 Å². The molecule has 5 heteroatoms. The van der Waals surface area contributed by atoms with E-state index >= 15 is 0 Å². The molecule has 25 heavy (non-hydrogen) atoms. The molecule has 1 saturated carbocycles. The van der Waals surface area contributed by atoms with Gasteiger partial charge in [-0.05, 0) is 0 Å². The Bertz CT molecular complexity index is 601. The fraction of sp³-hybridized carbons (Fsp3) is 0.500. The zero-order valence-corrected chi connectivity index (χ0v) is 20.1. The normalized spacial score (nSPS) is 24.4. The maximum Gasteiger partial charge on any atom is -1.00 e. The number of hydrogen-bond acceptors (Lipinski definition) is 0. The van der Waals surface area contributed by atoms with Crippen LogP contribution in [0.1, 0.15) is 37.7 Å². The van der Waals surface area contributed by atoms with Crippen LogP contribution in [-0.2, 0) is 25.9 Å². The molecule has 0 bridgehead atoms. The molecule has 2 aliphatic carbocycles. The molecule has 0 spiro atoms. The molecule has 1 aromatic rings. The second-order valence-corrected chi connectivity index (χ2v) is 14.4. The topological polar surface area (TPSA) is 0 Å². The van der Waals surface area contributed by atoms with Gasteiger partial charge >= 0.3 is 149 Å². The number of hydrogen-bond donors (Lipinski definition) is 0. The van der Waals surface area contributed by atoms with Crippen LogP contribution in [-0.4, -0.2) is 8.07 Å². The predicted octanol–water partition coefficient (Wildman–Crippen LogP) is -3.02. The van der Waals surface area contributed by atoms with Crippen molar-refractivity contribution in [1.29, 1.82) is 0 Å². The van der Waals surface area contributed by atoms with E-state index < -0.39 is 8.07 Å². The Kier molecular flexibility index (Phi) is 9.82. The first kappa shape index (κ1) is 25.5. The van der Waals surface area contributed by atoms with Crippen molar-refractivity contribution in [3.05, 3.63) is 59.3 Å². The van der Waals surface area contributed by atoms with Gasteiger partial charge in [0.15, 0.2) is 0 Å². The van der Waals surface area contributed by atoms with Crippen LogP contribution < -0.4 is 37.2 Å². The molecule has 0 nitrogen and oxygen atoms in total. The average Bonchev–Trinajstić information content (AvgIpc) is 2.93. The van der Waals surface area contributed by atoms with Crippen LogP contribution >= 0.6 is 0 Å². The van der Waals surface area contributed by atoms with Crippen molar-refractivity contribution in [1.82, 2.24) is 0 Å². The standard InChI is InChI=1S/C20H27Si.3ClH.Ti/c1-21(2,3)19-13-12-18(16-19)20(14-8-5-9-15-20)17-10-6-4-7-11-17;;;;/h4,6-7,10-13,16H,5,8-9,14-15H2,1-3H3;3*1H;/q;;;;+3/p-3. The summed E-state index contributed by atoms with van der Waals surface area (Å²) in [7, 11) is -1.24.